The molecule has 534 valence electrons. The summed E-state index contributed by atoms with van der Waals surface area (Å²) in [6.07, 6.45) is 130. The van der Waals surface area contributed by atoms with Crippen molar-refractivity contribution < 1.29 is 0 Å². The van der Waals surface area contributed by atoms with Crippen molar-refractivity contribution >= 4 is 0 Å². The van der Waals surface area contributed by atoms with E-state index >= 15 is 0 Å². The van der Waals surface area contributed by atoms with E-state index in [4.69, 9.17) is 0 Å². The molecule has 0 rings (SSSR count). The summed E-state index contributed by atoms with van der Waals surface area (Å²) < 4.78 is 0. The Balaban J connectivity index is 3.08. The predicted octanol–water partition coefficient (Wildman–Crippen LogP) is 34.7. The first-order valence-corrected chi connectivity index (χ1v) is 44.0. The van der Waals surface area contributed by atoms with Crippen molar-refractivity contribution in [2.75, 3.05) is 0 Å². The van der Waals surface area contributed by atoms with E-state index in [0.717, 1.165) is 0 Å². The quantitative estimate of drug-likeness (QED) is 0.0421. The van der Waals surface area contributed by atoms with Crippen LogP contribution in [-0.4, -0.2) is 0 Å². The largest absolute Gasteiger partial charge is 0.103 e. The van der Waals surface area contributed by atoms with Gasteiger partial charge in [0, 0.05) is 0 Å². The minimum absolute atomic E-state index is 1.21. The number of hydrogen-bond donors (Lipinski definition) is 0. The molecule has 0 aliphatic heterocycles. The van der Waals surface area contributed by atoms with Gasteiger partial charge in [0.2, 0.25) is 0 Å². The Morgan fingerprint density at radius 2 is 0.180 bits per heavy atom. The van der Waals surface area contributed by atoms with Crippen LogP contribution in [0.3, 0.4) is 0 Å². The van der Waals surface area contributed by atoms with Gasteiger partial charge in [0.25, 0.3) is 0 Å². The fourth-order valence-corrected chi connectivity index (χ4v) is 15.0. The average Bonchev–Trinajstić information content (AvgIpc) is 3.54. The van der Waals surface area contributed by atoms with Crippen LogP contribution >= 0.6 is 0 Å². The molecule has 0 fully saturated rings. The van der Waals surface area contributed by atoms with Gasteiger partial charge < -0.3 is 0 Å². The molecule has 0 heterocycles. The molecule has 0 nitrogen and oxygen atoms in total. The molecule has 0 aromatic carbocycles. The Morgan fingerprint density at radius 1 is 0.112 bits per heavy atom. The summed E-state index contributed by atoms with van der Waals surface area (Å²) in [5.74, 6) is 0. The van der Waals surface area contributed by atoms with Crippen molar-refractivity contribution in [3.8, 4) is 0 Å². The number of hydrogen-bond acceptors (Lipinski definition) is 0. The van der Waals surface area contributed by atoms with Crippen LogP contribution in [0.4, 0.5) is 0 Å². The van der Waals surface area contributed by atoms with Gasteiger partial charge >= 0.3 is 0 Å². The molecule has 0 spiro atoms. The summed E-state index contributed by atoms with van der Waals surface area (Å²) >= 11 is 0. The Labute approximate surface area is 568 Å². The molecule has 89 heavy (non-hydrogen) atoms. The summed E-state index contributed by atoms with van der Waals surface area (Å²) in [4.78, 5) is 0. The third-order valence-electron chi connectivity index (χ3n) is 21.5. The molecular formula is C89H178. The van der Waals surface area contributed by atoms with Crippen LogP contribution in [0.2, 0.25) is 0 Å². The van der Waals surface area contributed by atoms with Crippen molar-refractivity contribution in [2.45, 2.75) is 559 Å². The summed E-state index contributed by atoms with van der Waals surface area (Å²) in [5.41, 5.74) is 0. The van der Waals surface area contributed by atoms with Gasteiger partial charge in [0.1, 0.15) is 0 Å². The minimum Gasteiger partial charge on any atom is -0.103 e. The zero-order chi connectivity index (χ0) is 63.5. The second-order valence-electron chi connectivity index (χ2n) is 30.8. The van der Waals surface area contributed by atoms with Gasteiger partial charge in [-0.15, -0.1) is 6.58 Å². The van der Waals surface area contributed by atoms with Crippen molar-refractivity contribution in [3.63, 3.8) is 0 Å². The molecule has 0 radical (unpaired) electrons. The zero-order valence-electron chi connectivity index (χ0n) is 63.1. The van der Waals surface area contributed by atoms with Crippen LogP contribution in [0.5, 0.6) is 0 Å². The number of unbranched alkanes of at least 4 members (excludes halogenated alkanes) is 85. The van der Waals surface area contributed by atoms with Gasteiger partial charge in [-0.3, -0.25) is 0 Å². The third kappa shape index (κ3) is 87.7. The van der Waals surface area contributed by atoms with Gasteiger partial charge in [-0.25, -0.2) is 0 Å². The van der Waals surface area contributed by atoms with Crippen molar-refractivity contribution in [2.24, 2.45) is 0 Å². The van der Waals surface area contributed by atoms with Crippen LogP contribution < -0.4 is 0 Å². The lowest BCUT2D eigenvalue weighted by Gasteiger charge is -2.05. The smallest absolute Gasteiger partial charge is 0.0353 e. The predicted molar refractivity (Wildman–Crippen MR) is 413 cm³/mol. The highest BCUT2D eigenvalue weighted by molar-refractivity contribution is 4.65. The first kappa shape index (κ1) is 88.7. The Bertz CT molecular complexity index is 1150. The lowest BCUT2D eigenvalue weighted by atomic mass is 10.0. The maximum Gasteiger partial charge on any atom is -0.0353 e. The van der Waals surface area contributed by atoms with Gasteiger partial charge in [0.15, 0.2) is 0 Å². The lowest BCUT2D eigenvalue weighted by Crippen LogP contribution is -1.85. The monoisotopic (exact) mass is 1250 g/mol. The van der Waals surface area contributed by atoms with Crippen LogP contribution in [0, 0.1) is 0 Å². The molecule has 0 amide bonds. The van der Waals surface area contributed by atoms with E-state index in [0.29, 0.717) is 0 Å². The van der Waals surface area contributed by atoms with E-state index in [1.165, 1.54) is 552 Å². The SMILES string of the molecule is C=CCCCCCCCCCCCCCCCCCCCCCCCCCCCCCCCCCCCCCCCCCCCCCCCCCCCCCCCCCCCCCCCCCCCCCCCCCCCCCCCCCCCCCCC. The van der Waals surface area contributed by atoms with E-state index < -0.39 is 0 Å². The molecule has 0 saturated carbocycles. The highest BCUT2D eigenvalue weighted by atomic mass is 14.1. The van der Waals surface area contributed by atoms with Crippen LogP contribution in [0.25, 0.3) is 0 Å². The van der Waals surface area contributed by atoms with Gasteiger partial charge in [0.05, 0.1) is 0 Å². The molecule has 0 saturated heterocycles. The first-order valence-electron chi connectivity index (χ1n) is 44.0. The number of rotatable bonds is 86. The van der Waals surface area contributed by atoms with E-state index in [1.54, 1.807) is 0 Å². The van der Waals surface area contributed by atoms with Crippen LogP contribution in [-0.2, 0) is 0 Å². The molecule has 0 aromatic heterocycles. The van der Waals surface area contributed by atoms with Crippen molar-refractivity contribution in [3.05, 3.63) is 12.7 Å². The molecule has 0 aliphatic carbocycles. The summed E-state index contributed by atoms with van der Waals surface area (Å²) in [6, 6.07) is 0. The lowest BCUT2D eigenvalue weighted by molar-refractivity contribution is 0.505. The number of allylic oxidation sites excluding steroid dienone is 1. The highest BCUT2D eigenvalue weighted by Crippen LogP contribution is 2.22. The highest BCUT2D eigenvalue weighted by Gasteiger charge is 2.03. The van der Waals surface area contributed by atoms with E-state index in [9.17, 15) is 0 Å². The third-order valence-corrected chi connectivity index (χ3v) is 21.5. The first-order chi connectivity index (χ1) is 44.4. The maximum atomic E-state index is 3.83. The Kier molecular flexibility index (Phi) is 87.5. The molecule has 0 heteroatoms. The maximum absolute atomic E-state index is 3.83. The van der Waals surface area contributed by atoms with Crippen molar-refractivity contribution in [1.82, 2.24) is 0 Å². The van der Waals surface area contributed by atoms with E-state index in [2.05, 4.69) is 19.6 Å². The Hall–Kier alpha value is -0.260. The average molecular weight is 1250 g/mol. The molecule has 0 aromatic rings. The normalized spacial score (nSPS) is 11.7. The molecule has 0 aliphatic rings. The van der Waals surface area contributed by atoms with Crippen LogP contribution in [0.1, 0.15) is 559 Å². The molecular weight excluding hydrogens is 1070 g/mol. The van der Waals surface area contributed by atoms with Crippen molar-refractivity contribution in [1.29, 1.82) is 0 Å². The fourth-order valence-electron chi connectivity index (χ4n) is 15.0. The fraction of sp³-hybridized carbons (Fsp3) is 0.978. The van der Waals surface area contributed by atoms with Crippen LogP contribution in [0.15, 0.2) is 12.7 Å². The summed E-state index contributed by atoms with van der Waals surface area (Å²) in [5, 5.41) is 0. The zero-order valence-corrected chi connectivity index (χ0v) is 63.1. The summed E-state index contributed by atoms with van der Waals surface area (Å²) in [6.45, 7) is 6.14. The van der Waals surface area contributed by atoms with E-state index in [-0.39, 0.29) is 0 Å². The molecule has 0 unspecified atom stereocenters. The minimum atomic E-state index is 1.21. The van der Waals surface area contributed by atoms with Gasteiger partial charge in [-0.1, -0.05) is 552 Å². The topological polar surface area (TPSA) is 0 Å². The van der Waals surface area contributed by atoms with Gasteiger partial charge in [-0.05, 0) is 12.8 Å². The standard InChI is InChI=1S/C89H178/c1-3-5-7-9-11-13-15-17-19-21-23-25-27-29-31-33-35-37-39-41-43-45-47-49-51-53-55-57-59-61-63-65-67-69-71-73-75-77-79-81-83-85-87-89-88-86-84-82-80-78-76-74-72-70-68-66-64-62-60-58-56-54-52-50-48-46-44-42-40-38-36-34-32-30-28-26-24-22-20-18-16-14-12-10-8-6-4-2/h3H,1,4-89H2,2H3. The Morgan fingerprint density at radius 3 is 0.247 bits per heavy atom. The van der Waals surface area contributed by atoms with E-state index in [1.807, 2.05) is 0 Å². The van der Waals surface area contributed by atoms with Gasteiger partial charge in [-0.2, -0.15) is 0 Å². The molecule has 0 N–H and O–H groups in total. The summed E-state index contributed by atoms with van der Waals surface area (Å²) in [7, 11) is 0. The second kappa shape index (κ2) is 87.7. The molecule has 0 bridgehead atoms. The molecule has 0 atom stereocenters. The second-order valence-corrected chi connectivity index (χ2v) is 30.8.